The van der Waals surface area contributed by atoms with Crippen LogP contribution < -0.4 is 10.1 Å². The molecule has 2 heterocycles. The van der Waals surface area contributed by atoms with Gasteiger partial charge in [0, 0.05) is 30.8 Å². The van der Waals surface area contributed by atoms with E-state index in [1.165, 1.54) is 18.1 Å². The number of para-hydroxylation sites is 2. The molecule has 6 nitrogen and oxygen atoms in total. The molecule has 0 fully saturated rings. The van der Waals surface area contributed by atoms with Gasteiger partial charge in [0.1, 0.15) is 11.9 Å². The lowest BCUT2D eigenvalue weighted by atomic mass is 10.1. The summed E-state index contributed by atoms with van der Waals surface area (Å²) in [7, 11) is 0. The van der Waals surface area contributed by atoms with Crippen molar-refractivity contribution in [3.05, 3.63) is 77.4 Å². The van der Waals surface area contributed by atoms with Crippen LogP contribution in [0, 0.1) is 6.92 Å². The Bertz CT molecular complexity index is 1380. The fourth-order valence-electron chi connectivity index (χ4n) is 4.51. The number of hydrogen-bond acceptors (Lipinski definition) is 6. The highest BCUT2D eigenvalue weighted by atomic mass is 32.2. The Morgan fingerprint density at radius 3 is 2.79 bits per heavy atom. The van der Waals surface area contributed by atoms with E-state index in [0.29, 0.717) is 6.54 Å². The Hall–Kier alpha value is -3.45. The number of imidazole rings is 1. The van der Waals surface area contributed by atoms with Gasteiger partial charge in [0.15, 0.2) is 11.3 Å². The van der Waals surface area contributed by atoms with E-state index in [2.05, 4.69) is 53.4 Å². The fourth-order valence-corrected chi connectivity index (χ4v) is 5.08. The van der Waals surface area contributed by atoms with Gasteiger partial charge in [-0.2, -0.15) is 0 Å². The SMILES string of the molecule is CSc1nc2ccccc2n1-c1cccc(CNc2ccc3c(c2)OC(C)[C@H]3OC(C)=O)c1C. The van der Waals surface area contributed by atoms with Gasteiger partial charge in [0.2, 0.25) is 0 Å². The van der Waals surface area contributed by atoms with Crippen molar-refractivity contribution in [3.8, 4) is 11.4 Å². The summed E-state index contributed by atoms with van der Waals surface area (Å²) in [6, 6.07) is 20.6. The second kappa shape index (κ2) is 9.06. The van der Waals surface area contributed by atoms with Crippen LogP contribution in [0.4, 0.5) is 5.69 Å². The molecule has 1 aliphatic heterocycles. The van der Waals surface area contributed by atoms with Crippen molar-refractivity contribution in [2.75, 3.05) is 11.6 Å². The minimum atomic E-state index is -0.365. The van der Waals surface area contributed by atoms with Crippen LogP contribution in [0.25, 0.3) is 16.7 Å². The van der Waals surface area contributed by atoms with Crippen LogP contribution in [0.3, 0.4) is 0 Å². The van der Waals surface area contributed by atoms with Crippen LogP contribution in [-0.2, 0) is 16.1 Å². The van der Waals surface area contributed by atoms with Crippen molar-refractivity contribution in [1.29, 1.82) is 0 Å². The van der Waals surface area contributed by atoms with Gasteiger partial charge in [0.05, 0.1) is 16.7 Å². The Morgan fingerprint density at radius 1 is 1.18 bits per heavy atom. The maximum absolute atomic E-state index is 11.4. The van der Waals surface area contributed by atoms with Crippen molar-refractivity contribution in [3.63, 3.8) is 0 Å². The molecule has 3 aromatic carbocycles. The molecule has 1 aromatic heterocycles. The average molecular weight is 474 g/mol. The molecule has 174 valence electrons. The molecule has 0 aliphatic carbocycles. The first kappa shape index (κ1) is 22.3. The van der Waals surface area contributed by atoms with Gasteiger partial charge in [0.25, 0.3) is 0 Å². The summed E-state index contributed by atoms with van der Waals surface area (Å²) in [5.41, 5.74) is 7.50. The summed E-state index contributed by atoms with van der Waals surface area (Å²) >= 11 is 1.65. The van der Waals surface area contributed by atoms with Crippen molar-refractivity contribution in [2.24, 2.45) is 0 Å². The number of fused-ring (bicyclic) bond motifs is 2. The molecule has 2 atom stereocenters. The van der Waals surface area contributed by atoms with Gasteiger partial charge in [-0.25, -0.2) is 4.98 Å². The average Bonchev–Trinajstić information content (AvgIpc) is 3.35. The lowest BCUT2D eigenvalue weighted by molar-refractivity contribution is -0.149. The highest BCUT2D eigenvalue weighted by Crippen LogP contribution is 2.40. The molecule has 5 rings (SSSR count). The normalized spacial score (nSPS) is 16.8. The molecule has 0 spiro atoms. The topological polar surface area (TPSA) is 65.4 Å². The number of ether oxygens (including phenoxy) is 2. The zero-order valence-electron chi connectivity index (χ0n) is 19.7. The number of hydrogen-bond donors (Lipinski definition) is 1. The summed E-state index contributed by atoms with van der Waals surface area (Å²) in [5, 5.41) is 4.50. The molecular weight excluding hydrogens is 446 g/mol. The third kappa shape index (κ3) is 4.01. The second-order valence-electron chi connectivity index (χ2n) is 8.44. The predicted octanol–water partition coefficient (Wildman–Crippen LogP) is 6.05. The zero-order valence-corrected chi connectivity index (χ0v) is 20.5. The number of thioether (sulfide) groups is 1. The maximum Gasteiger partial charge on any atom is 0.303 e. The van der Waals surface area contributed by atoms with Crippen molar-refractivity contribution < 1.29 is 14.3 Å². The summed E-state index contributed by atoms with van der Waals surface area (Å²) in [4.78, 5) is 16.2. The molecular formula is C27H27N3O3S. The first-order valence-corrected chi connectivity index (χ1v) is 12.5. The number of rotatable bonds is 6. The van der Waals surface area contributed by atoms with E-state index in [0.717, 1.165) is 38.9 Å². The summed E-state index contributed by atoms with van der Waals surface area (Å²) in [5.74, 6) is 0.449. The number of carbonyl (C=O) groups is 1. The number of benzene rings is 3. The lowest BCUT2D eigenvalue weighted by Crippen LogP contribution is -2.18. The third-order valence-electron chi connectivity index (χ3n) is 6.21. The number of nitrogens with one attached hydrogen (secondary N) is 1. The second-order valence-corrected chi connectivity index (χ2v) is 9.22. The Balaban J connectivity index is 1.40. The van der Waals surface area contributed by atoms with Gasteiger partial charge in [-0.15, -0.1) is 0 Å². The van der Waals surface area contributed by atoms with Gasteiger partial charge in [-0.05, 0) is 61.6 Å². The van der Waals surface area contributed by atoms with Crippen molar-refractivity contribution in [2.45, 2.75) is 44.7 Å². The lowest BCUT2D eigenvalue weighted by Gasteiger charge is -2.16. The molecule has 1 N–H and O–H groups in total. The van der Waals surface area contributed by atoms with Crippen molar-refractivity contribution >= 4 is 34.5 Å². The first-order chi connectivity index (χ1) is 16.5. The van der Waals surface area contributed by atoms with Gasteiger partial charge >= 0.3 is 5.97 Å². The van der Waals surface area contributed by atoms with Crippen molar-refractivity contribution in [1.82, 2.24) is 9.55 Å². The fraction of sp³-hybridized carbons (Fsp3) is 0.259. The van der Waals surface area contributed by atoms with Crippen LogP contribution in [0.15, 0.2) is 65.8 Å². The molecule has 1 aliphatic rings. The quantitative estimate of drug-likeness (QED) is 0.272. The van der Waals surface area contributed by atoms with Gasteiger partial charge in [-0.1, -0.05) is 36.0 Å². The third-order valence-corrected chi connectivity index (χ3v) is 6.85. The van der Waals surface area contributed by atoms with E-state index >= 15 is 0 Å². The summed E-state index contributed by atoms with van der Waals surface area (Å²) in [6.07, 6.45) is 1.49. The van der Waals surface area contributed by atoms with E-state index in [9.17, 15) is 4.79 Å². The summed E-state index contributed by atoms with van der Waals surface area (Å²) in [6.45, 7) is 6.16. The van der Waals surface area contributed by atoms with E-state index in [4.69, 9.17) is 14.5 Å². The molecule has 0 radical (unpaired) electrons. The molecule has 0 bridgehead atoms. The first-order valence-electron chi connectivity index (χ1n) is 11.3. The maximum atomic E-state index is 11.4. The van der Waals surface area contributed by atoms with Crippen LogP contribution in [0.1, 0.15) is 36.6 Å². The number of carbonyl (C=O) groups excluding carboxylic acids is 1. The number of aromatic nitrogens is 2. The minimum Gasteiger partial charge on any atom is -0.486 e. The Morgan fingerprint density at radius 2 is 2.00 bits per heavy atom. The van der Waals surface area contributed by atoms with Crippen LogP contribution in [-0.4, -0.2) is 27.9 Å². The minimum absolute atomic E-state index is 0.205. The Labute approximate surface area is 203 Å². The molecule has 1 unspecified atom stereocenters. The van der Waals surface area contributed by atoms with Gasteiger partial charge < -0.3 is 14.8 Å². The van der Waals surface area contributed by atoms with E-state index < -0.39 is 0 Å². The zero-order chi connectivity index (χ0) is 23.8. The van der Waals surface area contributed by atoms with E-state index in [1.54, 1.807) is 11.8 Å². The number of nitrogens with zero attached hydrogens (tertiary/aromatic N) is 2. The molecule has 0 amide bonds. The molecule has 34 heavy (non-hydrogen) atoms. The largest absolute Gasteiger partial charge is 0.486 e. The molecule has 0 saturated carbocycles. The Kier molecular flexibility index (Phi) is 5.96. The highest BCUT2D eigenvalue weighted by molar-refractivity contribution is 7.98. The predicted molar refractivity (Wildman–Crippen MR) is 136 cm³/mol. The van der Waals surface area contributed by atoms with Gasteiger partial charge in [-0.3, -0.25) is 9.36 Å². The standard InChI is InChI=1S/C27H27N3O3S/c1-16-19(8-7-11-23(16)30-24-10-6-5-9-22(24)29-27(30)34-4)15-28-20-12-13-21-25(14-20)32-17(2)26(21)33-18(3)31/h5-14,17,26,28H,15H2,1-4H3/t17?,26-/m1/s1. The van der Waals surface area contributed by atoms with Crippen LogP contribution in [0.5, 0.6) is 5.75 Å². The van der Waals surface area contributed by atoms with E-state index in [-0.39, 0.29) is 18.2 Å². The smallest absolute Gasteiger partial charge is 0.303 e. The molecule has 7 heteroatoms. The van der Waals surface area contributed by atoms with Crippen LogP contribution in [0.2, 0.25) is 0 Å². The molecule has 4 aromatic rings. The number of esters is 1. The van der Waals surface area contributed by atoms with E-state index in [1.807, 2.05) is 37.3 Å². The van der Waals surface area contributed by atoms with Crippen LogP contribution >= 0.6 is 11.8 Å². The molecule has 0 saturated heterocycles. The summed E-state index contributed by atoms with van der Waals surface area (Å²) < 4.78 is 13.6. The number of anilines is 1. The monoisotopic (exact) mass is 473 g/mol. The highest BCUT2D eigenvalue weighted by Gasteiger charge is 2.33.